The molecule has 2 aliphatic carbocycles. The molecule has 2 saturated carbocycles. The number of nitrogens with one attached hydrogen (secondary N) is 5. The molecule has 2 aromatic heterocycles. The van der Waals surface area contributed by atoms with Crippen molar-refractivity contribution in [3.05, 3.63) is 131 Å². The van der Waals surface area contributed by atoms with Crippen molar-refractivity contribution in [1.29, 1.82) is 0 Å². The Morgan fingerprint density at radius 2 is 0.978 bits per heavy atom. The third-order valence-corrected chi connectivity index (χ3v) is 19.1. The Labute approximate surface area is 534 Å². The minimum atomic E-state index is -0.876. The van der Waals surface area contributed by atoms with Crippen LogP contribution >= 0.6 is 23.1 Å². The molecule has 4 aromatic carbocycles. The van der Waals surface area contributed by atoms with Crippen molar-refractivity contribution in [2.45, 2.75) is 160 Å². The first kappa shape index (κ1) is 64.8. The van der Waals surface area contributed by atoms with Crippen molar-refractivity contribution in [3.8, 4) is 46.2 Å². The fourth-order valence-electron chi connectivity index (χ4n) is 12.3. The van der Waals surface area contributed by atoms with Gasteiger partial charge in [-0.05, 0) is 105 Å². The number of carbonyl (C=O) groups excluding carboxylic acids is 6. The normalized spacial score (nSPS) is 19.9. The third kappa shape index (κ3) is 16.6. The van der Waals surface area contributed by atoms with Gasteiger partial charge in [0.2, 0.25) is 35.4 Å². The number of rotatable bonds is 22. The molecule has 19 nitrogen and oxygen atoms in total. The van der Waals surface area contributed by atoms with E-state index in [2.05, 4.69) is 69.4 Å². The molecule has 4 heterocycles. The zero-order valence-electron chi connectivity index (χ0n) is 51.5. The van der Waals surface area contributed by atoms with Crippen LogP contribution in [-0.4, -0.2) is 127 Å². The molecule has 5 N–H and O–H groups in total. The number of benzene rings is 4. The summed E-state index contributed by atoms with van der Waals surface area (Å²) in [5, 5.41) is 24.8. The Balaban J connectivity index is 0.757. The number of carbonyl (C=O) groups is 6. The molecule has 21 heteroatoms. The summed E-state index contributed by atoms with van der Waals surface area (Å²) in [6, 6.07) is 30.5. The van der Waals surface area contributed by atoms with E-state index in [0.717, 1.165) is 121 Å². The summed E-state index contributed by atoms with van der Waals surface area (Å²) in [4.78, 5) is 88.3. The molecule has 0 spiro atoms. The number of hydrogen-bond acceptors (Lipinski definition) is 15. The molecule has 10 rings (SSSR count). The van der Waals surface area contributed by atoms with Crippen molar-refractivity contribution < 1.29 is 38.2 Å². The molecule has 90 heavy (non-hydrogen) atoms. The van der Waals surface area contributed by atoms with E-state index < -0.39 is 42.4 Å². The highest BCUT2D eigenvalue weighted by atomic mass is 32.1. The summed E-state index contributed by atoms with van der Waals surface area (Å²) >= 11 is 2.15. The van der Waals surface area contributed by atoms with E-state index in [0.29, 0.717) is 27.8 Å². The first-order valence-corrected chi connectivity index (χ1v) is 33.1. The molecule has 0 radical (unpaired) electrons. The van der Waals surface area contributed by atoms with E-state index in [-0.39, 0.29) is 92.3 Å². The van der Waals surface area contributed by atoms with E-state index in [4.69, 9.17) is 9.47 Å². The number of anilines is 2. The topological polar surface area (TPSA) is 239 Å². The van der Waals surface area contributed by atoms with Gasteiger partial charge in [0.15, 0.2) is 0 Å². The van der Waals surface area contributed by atoms with Crippen LogP contribution in [0, 0.1) is 41.4 Å². The second kappa shape index (κ2) is 31.5. The molecule has 2 aliphatic heterocycles. The van der Waals surface area contributed by atoms with Crippen molar-refractivity contribution in [2.75, 3.05) is 30.8 Å². The van der Waals surface area contributed by atoms with Crippen LogP contribution in [-0.2, 0) is 51.5 Å². The van der Waals surface area contributed by atoms with Crippen LogP contribution in [0.4, 0.5) is 10.0 Å². The Morgan fingerprint density at radius 3 is 1.38 bits per heavy atom. The Hall–Kier alpha value is -8.18. The van der Waals surface area contributed by atoms with Crippen molar-refractivity contribution in [1.82, 2.24) is 44.9 Å². The largest absolute Gasteiger partial charge is 0.372 e. The monoisotopic (exact) mass is 1250 g/mol. The summed E-state index contributed by atoms with van der Waals surface area (Å²) < 4.78 is 21.2. The van der Waals surface area contributed by atoms with Gasteiger partial charge in [-0.15, -0.1) is 10.2 Å². The maximum atomic E-state index is 14.8. The van der Waals surface area contributed by atoms with E-state index in [1.165, 1.54) is 0 Å². The molecule has 6 amide bonds. The summed E-state index contributed by atoms with van der Waals surface area (Å²) in [5.41, 5.74) is 6.00. The molecule has 2 saturated heterocycles. The Kier molecular flexibility index (Phi) is 22.7. The van der Waals surface area contributed by atoms with Crippen LogP contribution in [0.15, 0.2) is 109 Å². The second-order valence-electron chi connectivity index (χ2n) is 23.9. The lowest BCUT2D eigenvalue weighted by Crippen LogP contribution is -2.57. The van der Waals surface area contributed by atoms with Gasteiger partial charge in [0.1, 0.15) is 45.6 Å². The number of hydrogen-bond donors (Lipinski definition) is 5. The lowest BCUT2D eigenvalue weighted by Gasteiger charge is -2.35. The molecule has 4 fully saturated rings. The van der Waals surface area contributed by atoms with Gasteiger partial charge in [-0.25, -0.2) is 0 Å². The number of aromatic nitrogens is 4. The molecule has 4 aliphatic rings. The summed E-state index contributed by atoms with van der Waals surface area (Å²) in [6.07, 6.45) is 9.51. The SMILES string of the molecule is CC[C@@H](C)C(=O)N[C@H](C(=O)N1C[C@@H](OCc2ccc(C#CC#Cc3ccc(CO[C@H]4C[C@@H](C(=O)Nc5snnc5-c5ccccc5)N(C(=O)C(NC(=O)[C@H](C)NC)C5CCCCC5)C4)cc3)cc2)C[C@H]1C(=O)Nc1snnc1-c1ccccc1)C1CCCCC1. The molecule has 6 aromatic rings. The highest BCUT2D eigenvalue weighted by Gasteiger charge is 2.47. The van der Waals surface area contributed by atoms with E-state index in [9.17, 15) is 28.8 Å². The number of nitrogens with zero attached hydrogens (tertiary/aromatic N) is 6. The summed E-state index contributed by atoms with van der Waals surface area (Å²) in [5.74, 6) is 10.1. The minimum Gasteiger partial charge on any atom is -0.372 e. The average Bonchev–Trinajstić information content (AvgIpc) is 1.86. The highest BCUT2D eigenvalue weighted by Crippen LogP contribution is 2.36. The molecule has 8 atom stereocenters. The summed E-state index contributed by atoms with van der Waals surface area (Å²) in [7, 11) is 1.70. The quantitative estimate of drug-likeness (QED) is 0.0399. The zero-order valence-corrected chi connectivity index (χ0v) is 53.1. The van der Waals surface area contributed by atoms with Crippen LogP contribution < -0.4 is 26.6 Å². The summed E-state index contributed by atoms with van der Waals surface area (Å²) in [6.45, 7) is 6.39. The fourth-order valence-corrected chi connectivity index (χ4v) is 13.5. The molecule has 470 valence electrons. The highest BCUT2D eigenvalue weighted by molar-refractivity contribution is 7.11. The van der Waals surface area contributed by atoms with Gasteiger partial charge in [-0.1, -0.05) is 158 Å². The van der Waals surface area contributed by atoms with Crippen molar-refractivity contribution in [3.63, 3.8) is 0 Å². The van der Waals surface area contributed by atoms with Crippen LogP contribution in [0.2, 0.25) is 0 Å². The number of ether oxygens (including phenoxy) is 2. The van der Waals surface area contributed by atoms with Gasteiger partial charge in [0.25, 0.3) is 0 Å². The number of likely N-dealkylation sites (N-methyl/N-ethyl adjacent to an activating group) is 1. The van der Waals surface area contributed by atoms with Gasteiger partial charge in [0.05, 0.1) is 31.5 Å². The second-order valence-corrected chi connectivity index (χ2v) is 25.5. The van der Waals surface area contributed by atoms with Crippen molar-refractivity contribution in [2.24, 2.45) is 17.8 Å². The predicted molar refractivity (Wildman–Crippen MR) is 347 cm³/mol. The predicted octanol–water partition coefficient (Wildman–Crippen LogP) is 9.16. The average molecular weight is 1250 g/mol. The lowest BCUT2D eigenvalue weighted by molar-refractivity contribution is -0.142. The van der Waals surface area contributed by atoms with Gasteiger partial charge >= 0.3 is 0 Å². The molecular weight excluding hydrogens is 1170 g/mol. The minimum absolute atomic E-state index is 0.0357. The van der Waals surface area contributed by atoms with Gasteiger partial charge in [-0.2, -0.15) is 0 Å². The number of amides is 6. The van der Waals surface area contributed by atoms with Gasteiger partial charge in [-0.3, -0.25) is 28.8 Å². The first-order chi connectivity index (χ1) is 43.8. The molecule has 1 unspecified atom stereocenters. The van der Waals surface area contributed by atoms with Crippen molar-refractivity contribution >= 4 is 68.5 Å². The zero-order chi connectivity index (χ0) is 62.9. The van der Waals surface area contributed by atoms with Crippen LogP contribution in [0.25, 0.3) is 22.5 Å². The van der Waals surface area contributed by atoms with E-state index >= 15 is 0 Å². The van der Waals surface area contributed by atoms with Gasteiger partial charge < -0.3 is 45.9 Å². The van der Waals surface area contributed by atoms with E-state index in [1.54, 1.807) is 23.8 Å². The van der Waals surface area contributed by atoms with Crippen LogP contribution in [0.5, 0.6) is 0 Å². The maximum absolute atomic E-state index is 14.8. The smallest absolute Gasteiger partial charge is 0.247 e. The van der Waals surface area contributed by atoms with E-state index in [1.807, 2.05) is 123 Å². The Morgan fingerprint density at radius 1 is 0.567 bits per heavy atom. The third-order valence-electron chi connectivity index (χ3n) is 17.9. The first-order valence-electron chi connectivity index (χ1n) is 31.5. The molecule has 0 bridgehead atoms. The van der Waals surface area contributed by atoms with Crippen LogP contribution in [0.1, 0.15) is 126 Å². The Bertz CT molecular complexity index is 3320. The van der Waals surface area contributed by atoms with Crippen LogP contribution in [0.3, 0.4) is 0 Å². The lowest BCUT2D eigenvalue weighted by atomic mass is 9.83. The standard InChI is InChI=1S/C69H79N11O8S2/c1-5-44(2)62(81)71-60(52-26-14-8-15-27-52)68(85)79-40-54(38-56(79)64(83)73-66-58(75-77-89-66)50-22-10-6-11-23-50)87-42-48-34-30-46(31-35-48)20-18-19-21-47-32-36-49(37-33-47)43-88-55-39-57(65(84)74-67-59(76-78-90-67)51-24-12-7-13-25-51)80(41-55)69(86)61(53-28-16-9-17-29-53)72-63(82)45(3)70-4/h6-7,10-13,22-25,30-37,44-45,52-57,60-61,70H,5,8-9,14-17,26-29,38-43H2,1-4H3,(H,71,81)(H,72,82)(H,73,83)(H,74,84)/t44-,45+,54+,55+,56+,57+,60+,61?/m1/s1. The van der Waals surface area contributed by atoms with Gasteiger partial charge in [0, 0.05) is 77.2 Å². The number of likely N-dealkylation sites (tertiary alicyclic amines) is 2. The fraction of sp³-hybridized carbons (Fsp3) is 0.449. The maximum Gasteiger partial charge on any atom is 0.247 e. The molecular formula is C69H79N11O8S2.